The molecule has 0 aromatic rings. The predicted octanol–water partition coefficient (Wildman–Crippen LogP) is 4.33. The Morgan fingerprint density at radius 3 is 2.67 bits per heavy atom. The second-order valence-corrected chi connectivity index (χ2v) is 4.62. The number of unbranched alkanes of at least 4 members (excludes halogenated alkanes) is 1. The summed E-state index contributed by atoms with van der Waals surface area (Å²) < 4.78 is 5.65. The topological polar surface area (TPSA) is 9.23 Å². The van der Waals surface area contributed by atoms with Gasteiger partial charge in [-0.25, -0.2) is 0 Å². The second kappa shape index (κ2) is 8.96. The largest absolute Gasteiger partial charge is 0.381 e. The molecular formula is C14H26O. The summed E-state index contributed by atoms with van der Waals surface area (Å²) in [6.45, 7) is 4.00. The molecule has 0 heterocycles. The van der Waals surface area contributed by atoms with Gasteiger partial charge >= 0.3 is 0 Å². The number of ether oxygens (including phenoxy) is 1. The van der Waals surface area contributed by atoms with Gasteiger partial charge in [0, 0.05) is 13.2 Å². The van der Waals surface area contributed by atoms with E-state index in [0.29, 0.717) is 0 Å². The van der Waals surface area contributed by atoms with Crippen molar-refractivity contribution in [1.29, 1.82) is 0 Å². The SMILES string of the molecule is CC=CCCCOCCC1CCCCC1. The van der Waals surface area contributed by atoms with Crippen molar-refractivity contribution in [2.75, 3.05) is 13.2 Å². The van der Waals surface area contributed by atoms with Gasteiger partial charge in [0.15, 0.2) is 0 Å². The maximum atomic E-state index is 5.65. The Labute approximate surface area is 94.9 Å². The van der Waals surface area contributed by atoms with Crippen molar-refractivity contribution in [3.05, 3.63) is 12.2 Å². The second-order valence-electron chi connectivity index (χ2n) is 4.62. The Hall–Kier alpha value is -0.300. The van der Waals surface area contributed by atoms with Crippen molar-refractivity contribution in [3.8, 4) is 0 Å². The van der Waals surface area contributed by atoms with E-state index in [4.69, 9.17) is 4.74 Å². The first-order valence-electron chi connectivity index (χ1n) is 6.62. The molecule has 0 atom stereocenters. The van der Waals surface area contributed by atoms with E-state index in [1.807, 2.05) is 0 Å². The van der Waals surface area contributed by atoms with Gasteiger partial charge < -0.3 is 4.74 Å². The summed E-state index contributed by atoms with van der Waals surface area (Å²) in [6, 6.07) is 0. The van der Waals surface area contributed by atoms with Crippen LogP contribution >= 0.6 is 0 Å². The van der Waals surface area contributed by atoms with Gasteiger partial charge in [0.1, 0.15) is 0 Å². The number of hydrogen-bond donors (Lipinski definition) is 0. The maximum Gasteiger partial charge on any atom is 0.0468 e. The molecule has 0 bridgehead atoms. The molecule has 1 saturated carbocycles. The average molecular weight is 210 g/mol. The first-order valence-corrected chi connectivity index (χ1v) is 6.62. The van der Waals surface area contributed by atoms with Gasteiger partial charge in [0.2, 0.25) is 0 Å². The van der Waals surface area contributed by atoms with Crippen LogP contribution in [0.15, 0.2) is 12.2 Å². The third-order valence-corrected chi connectivity index (χ3v) is 3.29. The average Bonchev–Trinajstić information content (AvgIpc) is 2.29. The van der Waals surface area contributed by atoms with Crippen LogP contribution in [0.3, 0.4) is 0 Å². The van der Waals surface area contributed by atoms with Crippen LogP contribution in [0.1, 0.15) is 58.3 Å². The van der Waals surface area contributed by atoms with Crippen LogP contribution in [-0.2, 0) is 4.74 Å². The molecule has 1 nitrogen and oxygen atoms in total. The molecule has 0 aromatic carbocycles. The lowest BCUT2D eigenvalue weighted by Gasteiger charge is -2.21. The summed E-state index contributed by atoms with van der Waals surface area (Å²) in [7, 11) is 0. The van der Waals surface area contributed by atoms with Crippen molar-refractivity contribution in [3.63, 3.8) is 0 Å². The number of hydrogen-bond acceptors (Lipinski definition) is 1. The van der Waals surface area contributed by atoms with Crippen LogP contribution in [0.4, 0.5) is 0 Å². The smallest absolute Gasteiger partial charge is 0.0468 e. The third kappa shape index (κ3) is 6.72. The highest BCUT2D eigenvalue weighted by atomic mass is 16.5. The molecule has 1 rings (SSSR count). The standard InChI is InChI=1S/C14H26O/c1-2-3-4-8-12-15-13-11-14-9-6-5-7-10-14/h2-3,14H,4-13H2,1H3. The fraction of sp³-hybridized carbons (Fsp3) is 0.857. The minimum atomic E-state index is 0.942. The van der Waals surface area contributed by atoms with Gasteiger partial charge in [-0.15, -0.1) is 0 Å². The maximum absolute atomic E-state index is 5.65. The minimum Gasteiger partial charge on any atom is -0.381 e. The van der Waals surface area contributed by atoms with E-state index >= 15 is 0 Å². The predicted molar refractivity (Wildman–Crippen MR) is 66.1 cm³/mol. The molecule has 0 radical (unpaired) electrons. The quantitative estimate of drug-likeness (QED) is 0.449. The van der Waals surface area contributed by atoms with Crippen LogP contribution in [0, 0.1) is 5.92 Å². The molecule has 0 N–H and O–H groups in total. The minimum absolute atomic E-state index is 0.942. The molecule has 0 spiro atoms. The fourth-order valence-electron chi connectivity index (χ4n) is 2.30. The van der Waals surface area contributed by atoms with Crippen molar-refractivity contribution in [2.24, 2.45) is 5.92 Å². The third-order valence-electron chi connectivity index (χ3n) is 3.29. The van der Waals surface area contributed by atoms with Gasteiger partial charge in [-0.1, -0.05) is 44.3 Å². The fourth-order valence-corrected chi connectivity index (χ4v) is 2.30. The lowest BCUT2D eigenvalue weighted by atomic mass is 9.87. The van der Waals surface area contributed by atoms with Crippen molar-refractivity contribution in [1.82, 2.24) is 0 Å². The van der Waals surface area contributed by atoms with Gasteiger partial charge in [0.05, 0.1) is 0 Å². The van der Waals surface area contributed by atoms with E-state index in [9.17, 15) is 0 Å². The first-order chi connectivity index (χ1) is 7.43. The summed E-state index contributed by atoms with van der Waals surface area (Å²) in [5, 5.41) is 0. The summed E-state index contributed by atoms with van der Waals surface area (Å²) >= 11 is 0. The van der Waals surface area contributed by atoms with E-state index in [-0.39, 0.29) is 0 Å². The molecule has 1 fully saturated rings. The zero-order valence-corrected chi connectivity index (χ0v) is 10.2. The Bertz CT molecular complexity index is 157. The summed E-state index contributed by atoms with van der Waals surface area (Å²) in [5.74, 6) is 0.967. The highest BCUT2D eigenvalue weighted by Gasteiger charge is 2.12. The van der Waals surface area contributed by atoms with Gasteiger partial charge in [-0.2, -0.15) is 0 Å². The van der Waals surface area contributed by atoms with E-state index in [0.717, 1.165) is 19.1 Å². The zero-order valence-electron chi connectivity index (χ0n) is 10.2. The zero-order chi connectivity index (χ0) is 10.8. The molecule has 0 amide bonds. The molecule has 1 heteroatoms. The van der Waals surface area contributed by atoms with E-state index in [1.54, 1.807) is 0 Å². The summed E-state index contributed by atoms with van der Waals surface area (Å²) in [5.41, 5.74) is 0. The van der Waals surface area contributed by atoms with Crippen LogP contribution in [-0.4, -0.2) is 13.2 Å². The molecule has 0 unspecified atom stereocenters. The molecule has 88 valence electrons. The molecule has 0 aromatic heterocycles. The normalized spacial score (nSPS) is 18.7. The van der Waals surface area contributed by atoms with E-state index in [2.05, 4.69) is 19.1 Å². The Balaban J connectivity index is 1.83. The van der Waals surface area contributed by atoms with Crippen molar-refractivity contribution >= 4 is 0 Å². The molecular weight excluding hydrogens is 184 g/mol. The number of allylic oxidation sites excluding steroid dienone is 2. The first kappa shape index (κ1) is 12.8. The van der Waals surface area contributed by atoms with Crippen LogP contribution < -0.4 is 0 Å². The highest BCUT2D eigenvalue weighted by molar-refractivity contribution is 4.76. The summed E-state index contributed by atoms with van der Waals surface area (Å²) in [4.78, 5) is 0. The summed E-state index contributed by atoms with van der Waals surface area (Å²) in [6.07, 6.45) is 15.2. The Morgan fingerprint density at radius 2 is 1.93 bits per heavy atom. The van der Waals surface area contributed by atoms with E-state index < -0.39 is 0 Å². The van der Waals surface area contributed by atoms with Crippen molar-refractivity contribution < 1.29 is 4.74 Å². The molecule has 15 heavy (non-hydrogen) atoms. The Morgan fingerprint density at radius 1 is 1.13 bits per heavy atom. The monoisotopic (exact) mass is 210 g/mol. The van der Waals surface area contributed by atoms with Crippen LogP contribution in [0.25, 0.3) is 0 Å². The lowest BCUT2D eigenvalue weighted by Crippen LogP contribution is -2.09. The molecule has 0 aliphatic heterocycles. The van der Waals surface area contributed by atoms with Gasteiger partial charge in [-0.3, -0.25) is 0 Å². The number of rotatable bonds is 7. The van der Waals surface area contributed by atoms with Crippen LogP contribution in [0.5, 0.6) is 0 Å². The molecule has 1 aliphatic carbocycles. The van der Waals surface area contributed by atoms with E-state index in [1.165, 1.54) is 51.4 Å². The van der Waals surface area contributed by atoms with Crippen molar-refractivity contribution in [2.45, 2.75) is 58.3 Å². The van der Waals surface area contributed by atoms with Gasteiger partial charge in [0.25, 0.3) is 0 Å². The molecule has 0 saturated heterocycles. The lowest BCUT2D eigenvalue weighted by molar-refractivity contribution is 0.112. The highest BCUT2D eigenvalue weighted by Crippen LogP contribution is 2.25. The van der Waals surface area contributed by atoms with Crippen LogP contribution in [0.2, 0.25) is 0 Å². The Kier molecular flexibility index (Phi) is 7.63. The van der Waals surface area contributed by atoms with Gasteiger partial charge in [-0.05, 0) is 32.1 Å². The molecule has 1 aliphatic rings.